The monoisotopic (exact) mass is 283 g/mol. The number of nitrogens with zero attached hydrogens (tertiary/aromatic N) is 1. The molecule has 2 rings (SSSR count). The number of halogens is 1. The highest BCUT2D eigenvalue weighted by Gasteiger charge is 2.28. The summed E-state index contributed by atoms with van der Waals surface area (Å²) < 4.78 is 5.08. The molecule has 2 heterocycles. The number of piperidine rings is 1. The van der Waals surface area contributed by atoms with Crippen molar-refractivity contribution in [2.24, 2.45) is 5.92 Å². The van der Waals surface area contributed by atoms with E-state index in [9.17, 15) is 4.79 Å². The molecule has 5 heteroatoms. The Bertz CT molecular complexity index is 414. The lowest BCUT2D eigenvalue weighted by molar-refractivity contribution is -0.919. The number of nitrogens with one attached hydrogen (secondary N) is 1. The quantitative estimate of drug-likeness (QED) is 0.665. The van der Waals surface area contributed by atoms with E-state index in [1.807, 2.05) is 25.3 Å². The Labute approximate surface area is 118 Å². The van der Waals surface area contributed by atoms with Gasteiger partial charge in [0.05, 0.1) is 25.6 Å². The van der Waals surface area contributed by atoms with Gasteiger partial charge in [-0.25, -0.2) is 4.98 Å². The number of carbonyl (C=O) groups is 1. The van der Waals surface area contributed by atoms with E-state index in [0.29, 0.717) is 11.8 Å². The van der Waals surface area contributed by atoms with Gasteiger partial charge in [-0.15, -0.1) is 0 Å². The molecule has 104 valence electrons. The molecule has 1 fully saturated rings. The summed E-state index contributed by atoms with van der Waals surface area (Å²) in [6.45, 7) is 5.28. The van der Waals surface area contributed by atoms with Crippen molar-refractivity contribution in [3.63, 3.8) is 0 Å². The zero-order chi connectivity index (χ0) is 13.7. The van der Waals surface area contributed by atoms with Crippen LogP contribution in [0.4, 0.5) is 0 Å². The molecule has 1 aliphatic heterocycles. The van der Waals surface area contributed by atoms with Gasteiger partial charge in [0.1, 0.15) is 11.7 Å². The van der Waals surface area contributed by atoms with Crippen molar-refractivity contribution in [2.45, 2.75) is 26.3 Å². The molecule has 19 heavy (non-hydrogen) atoms. The number of hydrogen-bond acceptors (Lipinski definition) is 3. The van der Waals surface area contributed by atoms with Crippen LogP contribution in [0.15, 0.2) is 18.3 Å². The molecule has 4 nitrogen and oxygen atoms in total. The third-order valence-electron chi connectivity index (χ3n) is 3.56. The predicted molar refractivity (Wildman–Crippen MR) is 73.0 cm³/mol. The smallest absolute Gasteiger partial charge is 0.309 e. The largest absolute Gasteiger partial charge is 0.466 e. The number of quaternary nitrogens is 1. The third-order valence-corrected chi connectivity index (χ3v) is 3.78. The molecule has 0 saturated carbocycles. The highest BCUT2D eigenvalue weighted by Crippen LogP contribution is 2.12. The summed E-state index contributed by atoms with van der Waals surface area (Å²) in [5.41, 5.74) is 1.19. The molecule has 1 aliphatic rings. The van der Waals surface area contributed by atoms with Gasteiger partial charge in [-0.2, -0.15) is 0 Å². The number of ether oxygens (including phenoxy) is 1. The van der Waals surface area contributed by atoms with Crippen molar-refractivity contribution >= 4 is 17.6 Å². The van der Waals surface area contributed by atoms with Crippen LogP contribution < -0.4 is 4.90 Å². The molecule has 0 aromatic carbocycles. The Morgan fingerprint density at radius 1 is 1.47 bits per heavy atom. The zero-order valence-electron chi connectivity index (χ0n) is 11.2. The van der Waals surface area contributed by atoms with E-state index in [2.05, 4.69) is 4.98 Å². The molecule has 1 aromatic rings. The van der Waals surface area contributed by atoms with Gasteiger partial charge in [0.15, 0.2) is 0 Å². The molecule has 0 amide bonds. The molecule has 0 spiro atoms. The highest BCUT2D eigenvalue weighted by atomic mass is 35.5. The normalized spacial score (nSPS) is 23.1. The maximum Gasteiger partial charge on any atom is 0.309 e. The zero-order valence-corrected chi connectivity index (χ0v) is 11.9. The molecule has 1 aromatic heterocycles. The molecule has 1 saturated heterocycles. The van der Waals surface area contributed by atoms with Crippen LogP contribution in [0.25, 0.3) is 0 Å². The minimum atomic E-state index is -0.0327. The minimum absolute atomic E-state index is 0.0327. The first kappa shape index (κ1) is 14.3. The fourth-order valence-corrected chi connectivity index (χ4v) is 2.61. The summed E-state index contributed by atoms with van der Waals surface area (Å²) >= 11 is 5.77. The van der Waals surface area contributed by atoms with Gasteiger partial charge in [0.25, 0.3) is 0 Å². The first-order chi connectivity index (χ1) is 9.19. The second-order valence-corrected chi connectivity index (χ2v) is 5.33. The Kier molecular flexibility index (Phi) is 5.16. The number of aromatic nitrogens is 1. The third kappa shape index (κ3) is 4.18. The fraction of sp³-hybridized carbons (Fsp3) is 0.571. The van der Waals surface area contributed by atoms with Crippen molar-refractivity contribution in [2.75, 3.05) is 19.7 Å². The summed E-state index contributed by atoms with van der Waals surface area (Å²) in [5, 5.41) is 0.528. The van der Waals surface area contributed by atoms with Crippen molar-refractivity contribution in [3.05, 3.63) is 29.0 Å². The number of esters is 1. The standard InChI is InChI=1S/C14H19ClN2O2/c1-2-19-14(18)12-5-7-17(8-6-12)10-11-3-4-13(15)16-9-11/h3-4,9,12H,2,5-8,10H2,1H3/p+1. The van der Waals surface area contributed by atoms with E-state index >= 15 is 0 Å². The molecule has 0 atom stereocenters. The van der Waals surface area contributed by atoms with Crippen LogP contribution in [0, 0.1) is 5.92 Å². The van der Waals surface area contributed by atoms with Crippen LogP contribution in [0.2, 0.25) is 5.15 Å². The van der Waals surface area contributed by atoms with Crippen molar-refractivity contribution in [1.82, 2.24) is 4.98 Å². The first-order valence-corrected chi connectivity index (χ1v) is 7.17. The molecular weight excluding hydrogens is 264 g/mol. The van der Waals surface area contributed by atoms with Crippen LogP contribution >= 0.6 is 11.6 Å². The molecular formula is C14H20ClN2O2+. The summed E-state index contributed by atoms with van der Waals surface area (Å²) in [5.74, 6) is 0.0572. The van der Waals surface area contributed by atoms with Crippen molar-refractivity contribution in [1.29, 1.82) is 0 Å². The lowest BCUT2D eigenvalue weighted by Gasteiger charge is -2.28. The van der Waals surface area contributed by atoms with E-state index in [1.54, 1.807) is 0 Å². The van der Waals surface area contributed by atoms with Crippen molar-refractivity contribution in [3.8, 4) is 0 Å². The van der Waals surface area contributed by atoms with Crippen LogP contribution in [0.3, 0.4) is 0 Å². The summed E-state index contributed by atoms with van der Waals surface area (Å²) in [6.07, 6.45) is 3.65. The first-order valence-electron chi connectivity index (χ1n) is 6.79. The summed E-state index contributed by atoms with van der Waals surface area (Å²) in [7, 11) is 0. The molecule has 0 radical (unpaired) electrons. The fourth-order valence-electron chi connectivity index (χ4n) is 2.50. The van der Waals surface area contributed by atoms with Gasteiger partial charge in [-0.3, -0.25) is 4.79 Å². The van der Waals surface area contributed by atoms with Gasteiger partial charge in [0.2, 0.25) is 0 Å². The van der Waals surface area contributed by atoms with Gasteiger partial charge in [-0.1, -0.05) is 11.6 Å². The number of carbonyl (C=O) groups excluding carboxylic acids is 1. The maximum atomic E-state index is 11.6. The van der Waals surface area contributed by atoms with Crippen molar-refractivity contribution < 1.29 is 14.4 Å². The Morgan fingerprint density at radius 2 is 2.21 bits per heavy atom. The van der Waals surface area contributed by atoms with Crippen LogP contribution in [-0.4, -0.2) is 30.6 Å². The van der Waals surface area contributed by atoms with E-state index in [4.69, 9.17) is 16.3 Å². The number of hydrogen-bond donors (Lipinski definition) is 1. The van der Waals surface area contributed by atoms with E-state index in [0.717, 1.165) is 32.5 Å². The summed E-state index contributed by atoms with van der Waals surface area (Å²) in [6, 6.07) is 3.83. The molecule has 0 aliphatic carbocycles. The molecule has 1 N–H and O–H groups in total. The number of rotatable bonds is 4. The maximum absolute atomic E-state index is 11.6. The van der Waals surface area contributed by atoms with E-state index in [1.165, 1.54) is 10.5 Å². The second-order valence-electron chi connectivity index (χ2n) is 4.94. The van der Waals surface area contributed by atoms with Crippen LogP contribution in [0.5, 0.6) is 0 Å². The van der Waals surface area contributed by atoms with E-state index < -0.39 is 0 Å². The Morgan fingerprint density at radius 3 is 2.79 bits per heavy atom. The average molecular weight is 284 g/mol. The Balaban J connectivity index is 1.80. The molecule has 0 unspecified atom stereocenters. The number of likely N-dealkylation sites (tertiary alicyclic amines) is 1. The predicted octanol–water partition coefficient (Wildman–Crippen LogP) is 1.09. The van der Waals surface area contributed by atoms with Gasteiger partial charge in [-0.05, 0) is 19.1 Å². The van der Waals surface area contributed by atoms with Crippen LogP contribution in [0.1, 0.15) is 25.3 Å². The highest BCUT2D eigenvalue weighted by molar-refractivity contribution is 6.29. The average Bonchev–Trinajstić information content (AvgIpc) is 2.42. The Hall–Kier alpha value is -1.13. The van der Waals surface area contributed by atoms with Gasteiger partial charge in [0, 0.05) is 24.6 Å². The van der Waals surface area contributed by atoms with Gasteiger partial charge < -0.3 is 9.64 Å². The lowest BCUT2D eigenvalue weighted by Crippen LogP contribution is -3.11. The topological polar surface area (TPSA) is 43.6 Å². The summed E-state index contributed by atoms with van der Waals surface area (Å²) in [4.78, 5) is 17.2. The van der Waals surface area contributed by atoms with Crippen LogP contribution in [-0.2, 0) is 16.1 Å². The molecule has 0 bridgehead atoms. The lowest BCUT2D eigenvalue weighted by atomic mass is 9.97. The number of pyridine rings is 1. The van der Waals surface area contributed by atoms with E-state index in [-0.39, 0.29) is 11.9 Å². The van der Waals surface area contributed by atoms with Gasteiger partial charge >= 0.3 is 5.97 Å². The minimum Gasteiger partial charge on any atom is -0.466 e. The second kappa shape index (κ2) is 6.87. The SMILES string of the molecule is CCOC(=O)C1CC[NH+](Cc2ccc(Cl)nc2)CC1.